The summed E-state index contributed by atoms with van der Waals surface area (Å²) in [6, 6.07) is 11.2. The van der Waals surface area contributed by atoms with Crippen molar-refractivity contribution in [3.8, 4) is 23.0 Å². The van der Waals surface area contributed by atoms with Crippen LogP contribution in [0.1, 0.15) is 12.5 Å². The highest BCUT2D eigenvalue weighted by atomic mass is 127. The number of amides is 1. The largest absolute Gasteiger partial charge is 0.493 e. The Hall–Kier alpha value is -1.98. The van der Waals surface area contributed by atoms with Gasteiger partial charge in [-0.1, -0.05) is 36.1 Å². The van der Waals surface area contributed by atoms with E-state index in [1.165, 1.54) is 11.8 Å². The van der Waals surface area contributed by atoms with E-state index in [4.69, 9.17) is 31.2 Å². The van der Waals surface area contributed by atoms with Gasteiger partial charge in [-0.25, -0.2) is 0 Å². The number of thiocarbonyl (C=S) groups is 1. The van der Waals surface area contributed by atoms with Crippen LogP contribution in [0.15, 0.2) is 41.3 Å². The number of para-hydroxylation sites is 2. The van der Waals surface area contributed by atoms with Gasteiger partial charge in [0.15, 0.2) is 23.0 Å². The van der Waals surface area contributed by atoms with Crippen LogP contribution in [-0.4, -0.2) is 37.2 Å². The van der Waals surface area contributed by atoms with Crippen molar-refractivity contribution in [2.45, 2.75) is 6.92 Å². The minimum Gasteiger partial charge on any atom is -0.493 e. The summed E-state index contributed by atoms with van der Waals surface area (Å²) < 4.78 is 24.1. The number of nitrogens with one attached hydrogen (secondary N) is 1. The average molecular weight is 557 g/mol. The van der Waals surface area contributed by atoms with Crippen LogP contribution in [0.25, 0.3) is 6.08 Å². The molecule has 6 nitrogen and oxygen atoms in total. The molecule has 0 bridgehead atoms. The fourth-order valence-electron chi connectivity index (χ4n) is 2.68. The molecule has 1 fully saturated rings. The lowest BCUT2D eigenvalue weighted by atomic mass is 10.2. The standard InChI is InChI=1S/C21H20INO5S2/c1-3-26-17-11-13(12-18-20(24)23-21(29)30-18)10-14(22)19(17)28-9-8-27-16-7-5-4-6-15(16)25-2/h4-7,10-12H,3,8-9H2,1-2H3,(H,23,24,29). The second-order valence-corrected chi connectivity index (χ2v) is 8.84. The highest BCUT2D eigenvalue weighted by Crippen LogP contribution is 2.36. The van der Waals surface area contributed by atoms with Crippen LogP contribution < -0.4 is 24.3 Å². The molecule has 2 aromatic rings. The van der Waals surface area contributed by atoms with Crippen LogP contribution in [0.5, 0.6) is 23.0 Å². The van der Waals surface area contributed by atoms with Gasteiger partial charge >= 0.3 is 0 Å². The maximum absolute atomic E-state index is 11.9. The first-order chi connectivity index (χ1) is 14.5. The normalized spacial score (nSPS) is 14.6. The van der Waals surface area contributed by atoms with Crippen LogP contribution in [0.4, 0.5) is 0 Å². The average Bonchev–Trinajstić information content (AvgIpc) is 3.04. The number of hydrogen-bond donors (Lipinski definition) is 1. The van der Waals surface area contributed by atoms with Crippen molar-refractivity contribution in [3.63, 3.8) is 0 Å². The number of benzene rings is 2. The lowest BCUT2D eigenvalue weighted by Gasteiger charge is -2.15. The molecule has 1 saturated heterocycles. The number of methoxy groups -OCH3 is 1. The van der Waals surface area contributed by atoms with Crippen LogP contribution in [0.2, 0.25) is 0 Å². The summed E-state index contributed by atoms with van der Waals surface area (Å²) >= 11 is 8.48. The second-order valence-electron chi connectivity index (χ2n) is 5.96. The SMILES string of the molecule is CCOc1cc(C=C2SC(=S)NC2=O)cc(I)c1OCCOc1ccccc1OC. The topological polar surface area (TPSA) is 66.0 Å². The van der Waals surface area contributed by atoms with Gasteiger partial charge in [-0.2, -0.15) is 0 Å². The molecule has 0 aliphatic carbocycles. The first-order valence-corrected chi connectivity index (χ1v) is 11.4. The van der Waals surface area contributed by atoms with Crippen molar-refractivity contribution in [2.24, 2.45) is 0 Å². The van der Waals surface area contributed by atoms with Gasteiger partial charge in [-0.15, -0.1) is 0 Å². The van der Waals surface area contributed by atoms with E-state index in [0.29, 0.717) is 52.0 Å². The number of ether oxygens (including phenoxy) is 4. The molecule has 0 saturated carbocycles. The van der Waals surface area contributed by atoms with Crippen molar-refractivity contribution in [3.05, 3.63) is 50.4 Å². The van der Waals surface area contributed by atoms with Gasteiger partial charge in [0.25, 0.3) is 5.91 Å². The Bertz CT molecular complexity index is 980. The molecule has 1 heterocycles. The number of hydrogen-bond acceptors (Lipinski definition) is 7. The van der Waals surface area contributed by atoms with E-state index in [1.54, 1.807) is 13.2 Å². The molecule has 1 N–H and O–H groups in total. The Balaban J connectivity index is 1.70. The van der Waals surface area contributed by atoms with Gasteiger partial charge in [0.1, 0.15) is 17.5 Å². The number of rotatable bonds is 9. The zero-order valence-corrected chi connectivity index (χ0v) is 20.2. The van der Waals surface area contributed by atoms with Crippen molar-refractivity contribution in [1.82, 2.24) is 5.32 Å². The lowest BCUT2D eigenvalue weighted by Crippen LogP contribution is -2.17. The summed E-state index contributed by atoms with van der Waals surface area (Å²) in [7, 11) is 1.60. The zero-order chi connectivity index (χ0) is 21.5. The molecule has 158 valence electrons. The van der Waals surface area contributed by atoms with Crippen molar-refractivity contribution in [1.29, 1.82) is 0 Å². The predicted molar refractivity (Wildman–Crippen MR) is 131 cm³/mol. The molecular formula is C21H20INO5S2. The van der Waals surface area contributed by atoms with Crippen LogP contribution in [-0.2, 0) is 4.79 Å². The van der Waals surface area contributed by atoms with Gasteiger partial charge < -0.3 is 24.3 Å². The second kappa shape index (κ2) is 10.9. The molecule has 0 atom stereocenters. The summed E-state index contributed by atoms with van der Waals surface area (Å²) in [5, 5.41) is 2.62. The third-order valence-electron chi connectivity index (χ3n) is 3.93. The van der Waals surface area contributed by atoms with E-state index in [0.717, 1.165) is 9.13 Å². The number of thioether (sulfide) groups is 1. The van der Waals surface area contributed by atoms with Gasteiger partial charge in [0, 0.05) is 0 Å². The lowest BCUT2D eigenvalue weighted by molar-refractivity contribution is -0.115. The molecule has 30 heavy (non-hydrogen) atoms. The maximum Gasteiger partial charge on any atom is 0.263 e. The molecule has 2 aromatic carbocycles. The molecule has 0 aromatic heterocycles. The maximum atomic E-state index is 11.9. The fourth-order valence-corrected chi connectivity index (χ4v) is 4.51. The van der Waals surface area contributed by atoms with E-state index in [1.807, 2.05) is 43.3 Å². The van der Waals surface area contributed by atoms with Crippen molar-refractivity contribution in [2.75, 3.05) is 26.9 Å². The molecule has 0 spiro atoms. The Labute approximate surface area is 198 Å². The van der Waals surface area contributed by atoms with Crippen LogP contribution in [0.3, 0.4) is 0 Å². The number of carbonyl (C=O) groups is 1. The summed E-state index contributed by atoms with van der Waals surface area (Å²) in [5.41, 5.74) is 0.836. The minimum atomic E-state index is -0.188. The van der Waals surface area contributed by atoms with Crippen molar-refractivity contribution < 1.29 is 23.7 Å². The van der Waals surface area contributed by atoms with Gasteiger partial charge in [0.2, 0.25) is 0 Å². The summed E-state index contributed by atoms with van der Waals surface area (Å²) in [6.45, 7) is 3.08. The van der Waals surface area contributed by atoms with Crippen LogP contribution in [0, 0.1) is 3.57 Å². The molecule has 1 aliphatic heterocycles. The third-order valence-corrected chi connectivity index (χ3v) is 5.89. The molecule has 1 amide bonds. The molecule has 3 rings (SSSR count). The highest BCUT2D eigenvalue weighted by Gasteiger charge is 2.22. The molecule has 9 heteroatoms. The van der Waals surface area contributed by atoms with Crippen LogP contribution >= 0.6 is 46.6 Å². The Morgan fingerprint density at radius 3 is 2.50 bits per heavy atom. The van der Waals surface area contributed by atoms with E-state index in [9.17, 15) is 4.79 Å². The van der Waals surface area contributed by atoms with Crippen molar-refractivity contribution >= 4 is 62.9 Å². The van der Waals surface area contributed by atoms with E-state index in [-0.39, 0.29) is 5.91 Å². The van der Waals surface area contributed by atoms with Gasteiger partial charge in [0.05, 0.1) is 22.2 Å². The Kier molecular flexibility index (Phi) is 8.23. The minimum absolute atomic E-state index is 0.188. The first-order valence-electron chi connectivity index (χ1n) is 9.11. The molecule has 1 aliphatic rings. The first kappa shape index (κ1) is 22.7. The third kappa shape index (κ3) is 5.79. The number of carbonyl (C=O) groups excluding carboxylic acids is 1. The predicted octanol–water partition coefficient (Wildman–Crippen LogP) is 4.65. The quantitative estimate of drug-likeness (QED) is 0.209. The highest BCUT2D eigenvalue weighted by molar-refractivity contribution is 14.1. The summed E-state index contributed by atoms with van der Waals surface area (Å²) in [4.78, 5) is 12.5. The molecular weight excluding hydrogens is 537 g/mol. The Morgan fingerprint density at radius 1 is 1.10 bits per heavy atom. The fraction of sp³-hybridized carbons (Fsp3) is 0.238. The summed E-state index contributed by atoms with van der Waals surface area (Å²) in [5.74, 6) is 2.40. The number of halogens is 1. The Morgan fingerprint density at radius 2 is 1.83 bits per heavy atom. The molecule has 0 radical (unpaired) electrons. The smallest absolute Gasteiger partial charge is 0.263 e. The van der Waals surface area contributed by atoms with E-state index >= 15 is 0 Å². The zero-order valence-electron chi connectivity index (χ0n) is 16.4. The summed E-state index contributed by atoms with van der Waals surface area (Å²) in [6.07, 6.45) is 1.79. The van der Waals surface area contributed by atoms with E-state index < -0.39 is 0 Å². The molecule has 0 unspecified atom stereocenters. The van der Waals surface area contributed by atoms with Gasteiger partial charge in [-0.3, -0.25) is 4.79 Å². The van der Waals surface area contributed by atoms with E-state index in [2.05, 4.69) is 27.9 Å². The van der Waals surface area contributed by atoms with Gasteiger partial charge in [-0.05, 0) is 65.4 Å². The monoisotopic (exact) mass is 557 g/mol.